The van der Waals surface area contributed by atoms with Gasteiger partial charge in [0.2, 0.25) is 5.43 Å². The first kappa shape index (κ1) is 18.5. The van der Waals surface area contributed by atoms with E-state index in [0.717, 1.165) is 18.9 Å². The molecule has 0 radical (unpaired) electrons. The number of pyridine rings is 1. The van der Waals surface area contributed by atoms with Gasteiger partial charge in [-0.05, 0) is 38.3 Å². The Labute approximate surface area is 165 Å². The lowest BCUT2D eigenvalue weighted by Crippen LogP contribution is -2.45. The summed E-state index contributed by atoms with van der Waals surface area (Å²) < 4.78 is 30.6. The average molecular weight is 403 g/mol. The standard InChI is InChI=1S/C21H23F2N3O3/c1-10-16-11(18(27)12(19(28)29)7-26(16)15-6-13(15)22)5-14(23)17(10)25-8-20(2,24)21(9-25)3-4-21/h5,7,13,15H,3-4,6,8-9,24H2,1-2H3,(H,28,29)/t13-,15-,20?/m1/s1. The van der Waals surface area contributed by atoms with Crippen LogP contribution in [0.15, 0.2) is 17.1 Å². The van der Waals surface area contributed by atoms with Gasteiger partial charge in [0, 0.05) is 42.0 Å². The van der Waals surface area contributed by atoms with E-state index in [4.69, 9.17) is 5.73 Å². The Bertz CT molecular complexity index is 1130. The number of nitrogens with zero attached hydrogens (tertiary/aromatic N) is 2. The smallest absolute Gasteiger partial charge is 0.341 e. The fourth-order valence-electron chi connectivity index (χ4n) is 5.12. The highest BCUT2D eigenvalue weighted by Crippen LogP contribution is 2.58. The molecule has 3 aliphatic rings. The van der Waals surface area contributed by atoms with Crippen molar-refractivity contribution in [3.8, 4) is 0 Å². The molecule has 3 fully saturated rings. The van der Waals surface area contributed by atoms with Crippen LogP contribution in [-0.4, -0.2) is 40.4 Å². The molecule has 0 bridgehead atoms. The van der Waals surface area contributed by atoms with Gasteiger partial charge in [0.1, 0.15) is 17.6 Å². The maximum Gasteiger partial charge on any atom is 0.341 e. The number of hydrogen-bond acceptors (Lipinski definition) is 4. The quantitative estimate of drug-likeness (QED) is 0.823. The Morgan fingerprint density at radius 2 is 2.00 bits per heavy atom. The molecule has 154 valence electrons. The summed E-state index contributed by atoms with van der Waals surface area (Å²) in [7, 11) is 0. The van der Waals surface area contributed by atoms with Crippen LogP contribution in [0.4, 0.5) is 14.5 Å². The summed E-state index contributed by atoms with van der Waals surface area (Å²) in [4.78, 5) is 26.2. The summed E-state index contributed by atoms with van der Waals surface area (Å²) in [6, 6.07) is 0.561. The minimum absolute atomic E-state index is 0.0196. The zero-order chi connectivity index (χ0) is 20.9. The molecule has 2 aliphatic carbocycles. The summed E-state index contributed by atoms with van der Waals surface area (Å²) in [5.41, 5.74) is 6.10. The normalized spacial score (nSPS) is 29.6. The molecule has 8 heteroatoms. The van der Waals surface area contributed by atoms with Crippen molar-refractivity contribution in [3.05, 3.63) is 39.4 Å². The summed E-state index contributed by atoms with van der Waals surface area (Å²) in [6.07, 6.45) is 2.35. The van der Waals surface area contributed by atoms with E-state index in [2.05, 4.69) is 0 Å². The largest absolute Gasteiger partial charge is 0.477 e. The van der Waals surface area contributed by atoms with Crippen LogP contribution >= 0.6 is 0 Å². The fourth-order valence-corrected chi connectivity index (χ4v) is 5.12. The van der Waals surface area contributed by atoms with Crippen LogP contribution in [0.2, 0.25) is 0 Å². The number of carboxylic acid groups (broad SMARTS) is 1. The van der Waals surface area contributed by atoms with E-state index < -0.39 is 40.5 Å². The Hall–Kier alpha value is -2.48. The number of halogens is 2. The Morgan fingerprint density at radius 3 is 2.52 bits per heavy atom. The summed E-state index contributed by atoms with van der Waals surface area (Å²) >= 11 is 0. The number of anilines is 1. The first-order valence-corrected chi connectivity index (χ1v) is 9.85. The van der Waals surface area contributed by atoms with Gasteiger partial charge < -0.3 is 20.3 Å². The second-order valence-electron chi connectivity index (χ2n) is 9.19. The van der Waals surface area contributed by atoms with E-state index in [1.54, 1.807) is 6.92 Å². The lowest BCUT2D eigenvalue weighted by molar-refractivity contribution is 0.0694. The number of hydrogen-bond donors (Lipinski definition) is 2. The lowest BCUT2D eigenvalue weighted by Gasteiger charge is -2.26. The highest BCUT2D eigenvalue weighted by Gasteiger charge is 2.60. The molecule has 1 unspecified atom stereocenters. The van der Waals surface area contributed by atoms with Gasteiger partial charge in [0.15, 0.2) is 0 Å². The third kappa shape index (κ3) is 2.48. The highest BCUT2D eigenvalue weighted by atomic mass is 19.1. The highest BCUT2D eigenvalue weighted by molar-refractivity contribution is 5.95. The van der Waals surface area contributed by atoms with Crippen LogP contribution in [0.3, 0.4) is 0 Å². The van der Waals surface area contributed by atoms with Crippen molar-refractivity contribution in [2.24, 2.45) is 11.1 Å². The molecule has 1 aromatic heterocycles. The Balaban J connectivity index is 1.75. The zero-order valence-electron chi connectivity index (χ0n) is 16.3. The molecule has 2 aromatic rings. The van der Waals surface area contributed by atoms with Crippen LogP contribution in [0.1, 0.15) is 48.1 Å². The molecule has 3 atom stereocenters. The number of rotatable bonds is 3. The van der Waals surface area contributed by atoms with Crippen molar-refractivity contribution in [1.82, 2.24) is 4.57 Å². The molecular formula is C21H23F2N3O3. The fraction of sp³-hybridized carbons (Fsp3) is 0.524. The number of fused-ring (bicyclic) bond motifs is 1. The van der Waals surface area contributed by atoms with Gasteiger partial charge >= 0.3 is 5.97 Å². The van der Waals surface area contributed by atoms with E-state index >= 15 is 4.39 Å². The summed E-state index contributed by atoms with van der Waals surface area (Å²) in [5, 5.41) is 9.35. The molecule has 2 saturated carbocycles. The number of benzene rings is 1. The molecule has 3 N–H and O–H groups in total. The van der Waals surface area contributed by atoms with Crippen molar-refractivity contribution in [2.75, 3.05) is 18.0 Å². The number of carboxylic acids is 1. The monoisotopic (exact) mass is 403 g/mol. The zero-order valence-corrected chi connectivity index (χ0v) is 16.3. The van der Waals surface area contributed by atoms with E-state index in [-0.39, 0.29) is 17.2 Å². The van der Waals surface area contributed by atoms with E-state index in [1.165, 1.54) is 10.8 Å². The summed E-state index contributed by atoms with van der Waals surface area (Å²) in [5.74, 6) is -1.99. The number of aromatic carboxylic acids is 1. The molecule has 2 heterocycles. The van der Waals surface area contributed by atoms with Gasteiger partial charge in [-0.25, -0.2) is 13.6 Å². The topological polar surface area (TPSA) is 88.6 Å². The van der Waals surface area contributed by atoms with Crippen molar-refractivity contribution >= 4 is 22.6 Å². The van der Waals surface area contributed by atoms with Crippen LogP contribution in [0, 0.1) is 18.2 Å². The molecule has 0 amide bonds. The van der Waals surface area contributed by atoms with Gasteiger partial charge in [-0.3, -0.25) is 4.79 Å². The van der Waals surface area contributed by atoms with Crippen molar-refractivity contribution < 1.29 is 18.7 Å². The van der Waals surface area contributed by atoms with Crippen molar-refractivity contribution in [3.63, 3.8) is 0 Å². The predicted octanol–water partition coefficient (Wildman–Crippen LogP) is 2.75. The second kappa shape index (κ2) is 5.56. The maximum absolute atomic E-state index is 15.2. The van der Waals surface area contributed by atoms with Crippen LogP contribution < -0.4 is 16.1 Å². The first-order valence-electron chi connectivity index (χ1n) is 9.85. The van der Waals surface area contributed by atoms with Crippen molar-refractivity contribution in [2.45, 2.75) is 50.9 Å². The van der Waals surface area contributed by atoms with Crippen LogP contribution in [0.5, 0.6) is 0 Å². The lowest BCUT2D eigenvalue weighted by atomic mass is 9.87. The van der Waals surface area contributed by atoms with Crippen LogP contribution in [0.25, 0.3) is 10.9 Å². The summed E-state index contributed by atoms with van der Waals surface area (Å²) in [6.45, 7) is 4.82. The van der Waals surface area contributed by atoms with Gasteiger partial charge in [-0.2, -0.15) is 0 Å². The Morgan fingerprint density at radius 1 is 1.34 bits per heavy atom. The molecule has 6 nitrogen and oxygen atoms in total. The minimum Gasteiger partial charge on any atom is -0.477 e. The molecule has 5 rings (SSSR count). The van der Waals surface area contributed by atoms with Gasteiger partial charge in [-0.15, -0.1) is 0 Å². The second-order valence-corrected chi connectivity index (χ2v) is 9.19. The van der Waals surface area contributed by atoms with Crippen LogP contribution in [-0.2, 0) is 0 Å². The van der Waals surface area contributed by atoms with Crippen molar-refractivity contribution in [1.29, 1.82) is 0 Å². The predicted molar refractivity (Wildman–Crippen MR) is 105 cm³/mol. The molecule has 29 heavy (non-hydrogen) atoms. The third-order valence-electron chi connectivity index (χ3n) is 7.14. The van der Waals surface area contributed by atoms with Gasteiger partial charge in [-0.1, -0.05) is 0 Å². The number of nitrogens with two attached hydrogens (primary N) is 1. The molecule has 1 saturated heterocycles. The minimum atomic E-state index is -1.40. The van der Waals surface area contributed by atoms with E-state index in [0.29, 0.717) is 29.9 Å². The maximum atomic E-state index is 15.2. The van der Waals surface area contributed by atoms with E-state index in [1.807, 2.05) is 11.8 Å². The number of alkyl halides is 1. The first-order chi connectivity index (χ1) is 13.6. The molecule has 1 aromatic carbocycles. The Kier molecular flexibility index (Phi) is 3.56. The number of aryl methyl sites for hydroxylation is 1. The number of aromatic nitrogens is 1. The van der Waals surface area contributed by atoms with Gasteiger partial charge in [0.25, 0.3) is 0 Å². The van der Waals surface area contributed by atoms with Gasteiger partial charge in [0.05, 0.1) is 17.2 Å². The van der Waals surface area contributed by atoms with E-state index in [9.17, 15) is 19.1 Å². The average Bonchev–Trinajstić information content (AvgIpc) is 3.51. The SMILES string of the molecule is Cc1c(N2CC(C)(N)C3(CC3)C2)c(F)cc2c(=O)c(C(=O)O)cn([C@@H]3C[C@H]3F)c12. The third-order valence-corrected chi connectivity index (χ3v) is 7.14. The number of carbonyl (C=O) groups is 1. The molecule has 1 spiro atoms. The molecular weight excluding hydrogens is 380 g/mol. The molecule has 1 aliphatic heterocycles.